The molecule has 0 fully saturated rings. The van der Waals surface area contributed by atoms with Gasteiger partial charge in [-0.05, 0) is 18.8 Å². The fourth-order valence-corrected chi connectivity index (χ4v) is 2.96. The lowest BCUT2D eigenvalue weighted by molar-refractivity contribution is -0.144. The summed E-state index contributed by atoms with van der Waals surface area (Å²) >= 11 is 0. The van der Waals surface area contributed by atoms with Crippen LogP contribution < -0.4 is 38.5 Å². The molecule has 0 aromatic heterocycles. The Hall–Kier alpha value is -4.28. The van der Waals surface area contributed by atoms with E-state index in [2.05, 4.69) is 21.3 Å². The molecule has 214 valence electrons. The predicted octanol–water partition coefficient (Wildman–Crippen LogP) is -4.37. The minimum Gasteiger partial charge on any atom is -0.481 e. The molecule has 17 nitrogen and oxygen atoms in total. The number of amides is 6. The topological polar surface area (TPSA) is 303 Å². The molecule has 38 heavy (non-hydrogen) atoms. The van der Waals surface area contributed by atoms with Crippen molar-refractivity contribution in [3.63, 3.8) is 0 Å². The highest BCUT2D eigenvalue weighted by Gasteiger charge is 2.32. The molecule has 0 aromatic rings. The Balaban J connectivity index is 5.29. The van der Waals surface area contributed by atoms with Crippen LogP contribution in [0.1, 0.15) is 46.0 Å². The van der Waals surface area contributed by atoms with Crippen LogP contribution in [0, 0.1) is 5.92 Å². The SMILES string of the molecule is CC(C)[C@H](NC(=O)[C@H](CC(N)=O)NC(=O)CNC(=O)[C@@H](N)CCC(N)=O)C(=O)N[C@@H](CCC(=O)O)C(=O)O. The Morgan fingerprint density at radius 3 is 1.82 bits per heavy atom. The van der Waals surface area contributed by atoms with E-state index in [0.29, 0.717) is 0 Å². The molecule has 0 aliphatic heterocycles. The highest BCUT2D eigenvalue weighted by atomic mass is 16.4. The quantitative estimate of drug-likeness (QED) is 0.0792. The second-order valence-corrected chi connectivity index (χ2v) is 8.68. The van der Waals surface area contributed by atoms with E-state index in [0.717, 1.165) is 0 Å². The van der Waals surface area contributed by atoms with E-state index in [9.17, 15) is 43.5 Å². The van der Waals surface area contributed by atoms with Gasteiger partial charge in [0.25, 0.3) is 0 Å². The van der Waals surface area contributed by atoms with Crippen LogP contribution in [0.25, 0.3) is 0 Å². The number of nitrogens with one attached hydrogen (secondary N) is 4. The number of carbonyl (C=O) groups excluding carboxylic acids is 6. The zero-order chi connectivity index (χ0) is 29.6. The standard InChI is InChI=1S/C21H35N7O10/c1-9(2)17(20(36)27-11(21(37)38)4-6-16(32)33)28-19(35)12(7-14(24)30)26-15(31)8-25-18(34)10(22)3-5-13(23)29/h9-12,17H,3-8,22H2,1-2H3,(H2,23,29)(H2,24,30)(H,25,34)(H,26,31)(H,27,36)(H,28,35)(H,32,33)(H,37,38)/t10-,11-,12-,17-/m0/s1. The molecule has 0 aliphatic carbocycles. The molecule has 6 amide bonds. The van der Waals surface area contributed by atoms with Crippen molar-refractivity contribution in [2.75, 3.05) is 6.54 Å². The third-order valence-electron chi connectivity index (χ3n) is 5.03. The van der Waals surface area contributed by atoms with Gasteiger partial charge in [0.05, 0.1) is 19.0 Å². The van der Waals surface area contributed by atoms with E-state index < -0.39 is 103 Å². The Labute approximate surface area is 217 Å². The summed E-state index contributed by atoms with van der Waals surface area (Å²) in [6.07, 6.45) is -1.83. The van der Waals surface area contributed by atoms with Crippen molar-refractivity contribution in [1.29, 1.82) is 0 Å². The molecular formula is C21H35N7O10. The van der Waals surface area contributed by atoms with Gasteiger partial charge in [0.2, 0.25) is 35.4 Å². The minimum atomic E-state index is -1.56. The third kappa shape index (κ3) is 13.7. The van der Waals surface area contributed by atoms with Crippen molar-refractivity contribution in [2.45, 2.75) is 70.1 Å². The van der Waals surface area contributed by atoms with Gasteiger partial charge >= 0.3 is 11.9 Å². The highest BCUT2D eigenvalue weighted by Crippen LogP contribution is 2.06. The average Bonchev–Trinajstić information content (AvgIpc) is 2.80. The number of rotatable bonds is 18. The maximum atomic E-state index is 12.8. The summed E-state index contributed by atoms with van der Waals surface area (Å²) < 4.78 is 0. The number of primary amides is 2. The molecule has 4 atom stereocenters. The minimum absolute atomic E-state index is 0.0623. The van der Waals surface area contributed by atoms with E-state index in [1.807, 2.05) is 0 Å². The van der Waals surface area contributed by atoms with Crippen molar-refractivity contribution >= 4 is 47.4 Å². The second kappa shape index (κ2) is 16.5. The number of carboxylic acid groups (broad SMARTS) is 2. The zero-order valence-electron chi connectivity index (χ0n) is 21.0. The van der Waals surface area contributed by atoms with E-state index in [1.54, 1.807) is 0 Å². The molecule has 0 saturated heterocycles. The number of carbonyl (C=O) groups is 8. The third-order valence-corrected chi connectivity index (χ3v) is 5.03. The first kappa shape index (κ1) is 33.7. The molecule has 0 radical (unpaired) electrons. The van der Waals surface area contributed by atoms with Crippen molar-refractivity contribution in [2.24, 2.45) is 23.1 Å². The number of nitrogens with two attached hydrogens (primary N) is 3. The summed E-state index contributed by atoms with van der Waals surface area (Å²) in [5.41, 5.74) is 15.7. The molecule has 0 heterocycles. The fourth-order valence-electron chi connectivity index (χ4n) is 2.96. The molecule has 12 N–H and O–H groups in total. The highest BCUT2D eigenvalue weighted by molar-refractivity contribution is 5.96. The normalized spacial score (nSPS) is 13.8. The lowest BCUT2D eigenvalue weighted by atomic mass is 10.0. The first-order valence-electron chi connectivity index (χ1n) is 11.5. The summed E-state index contributed by atoms with van der Waals surface area (Å²) in [6.45, 7) is 2.40. The van der Waals surface area contributed by atoms with Crippen LogP contribution >= 0.6 is 0 Å². The average molecular weight is 546 g/mol. The van der Waals surface area contributed by atoms with Crippen LogP contribution in [0.5, 0.6) is 0 Å². The number of hydrogen-bond donors (Lipinski definition) is 9. The van der Waals surface area contributed by atoms with Crippen LogP contribution in [0.4, 0.5) is 0 Å². The molecule has 0 saturated carbocycles. The Morgan fingerprint density at radius 2 is 1.34 bits per heavy atom. The first-order valence-corrected chi connectivity index (χ1v) is 11.5. The lowest BCUT2D eigenvalue weighted by Crippen LogP contribution is -2.58. The zero-order valence-corrected chi connectivity index (χ0v) is 21.0. The van der Waals surface area contributed by atoms with Gasteiger partial charge in [-0.15, -0.1) is 0 Å². The van der Waals surface area contributed by atoms with Gasteiger partial charge in [0, 0.05) is 12.8 Å². The Bertz CT molecular complexity index is 924. The largest absolute Gasteiger partial charge is 0.481 e. The van der Waals surface area contributed by atoms with Crippen LogP contribution in [0.3, 0.4) is 0 Å². The summed E-state index contributed by atoms with van der Waals surface area (Å²) in [4.78, 5) is 94.0. The molecule has 0 aromatic carbocycles. The lowest BCUT2D eigenvalue weighted by Gasteiger charge is -2.26. The molecule has 0 spiro atoms. The van der Waals surface area contributed by atoms with Crippen LogP contribution in [0.2, 0.25) is 0 Å². The Kier molecular flexibility index (Phi) is 14.6. The summed E-state index contributed by atoms with van der Waals surface area (Å²) in [5.74, 6) is -8.63. The van der Waals surface area contributed by atoms with Crippen LogP contribution in [-0.4, -0.2) is 88.3 Å². The van der Waals surface area contributed by atoms with Crippen LogP contribution in [0.15, 0.2) is 0 Å². The fraction of sp³-hybridized carbons (Fsp3) is 0.619. The van der Waals surface area contributed by atoms with Crippen molar-refractivity contribution in [1.82, 2.24) is 21.3 Å². The van der Waals surface area contributed by atoms with Crippen molar-refractivity contribution in [3.8, 4) is 0 Å². The van der Waals surface area contributed by atoms with Gasteiger partial charge in [-0.25, -0.2) is 4.79 Å². The van der Waals surface area contributed by atoms with Gasteiger partial charge in [0.1, 0.15) is 18.1 Å². The monoisotopic (exact) mass is 545 g/mol. The number of carboxylic acids is 2. The van der Waals surface area contributed by atoms with Crippen molar-refractivity contribution in [3.05, 3.63) is 0 Å². The van der Waals surface area contributed by atoms with Gasteiger partial charge < -0.3 is 48.7 Å². The molecular weight excluding hydrogens is 510 g/mol. The van der Waals surface area contributed by atoms with Gasteiger partial charge in [-0.1, -0.05) is 13.8 Å². The second-order valence-electron chi connectivity index (χ2n) is 8.68. The number of hydrogen-bond acceptors (Lipinski definition) is 9. The van der Waals surface area contributed by atoms with E-state index >= 15 is 0 Å². The Morgan fingerprint density at radius 1 is 0.737 bits per heavy atom. The first-order chi connectivity index (χ1) is 17.5. The van der Waals surface area contributed by atoms with Gasteiger partial charge in [0.15, 0.2) is 0 Å². The van der Waals surface area contributed by atoms with Gasteiger partial charge in [-0.3, -0.25) is 33.6 Å². The van der Waals surface area contributed by atoms with E-state index in [1.165, 1.54) is 13.8 Å². The van der Waals surface area contributed by atoms with Crippen molar-refractivity contribution < 1.29 is 48.6 Å². The predicted molar refractivity (Wildman–Crippen MR) is 128 cm³/mol. The van der Waals surface area contributed by atoms with E-state index in [-0.39, 0.29) is 12.8 Å². The summed E-state index contributed by atoms with van der Waals surface area (Å²) in [7, 11) is 0. The maximum absolute atomic E-state index is 12.8. The summed E-state index contributed by atoms with van der Waals surface area (Å²) in [5, 5.41) is 26.9. The molecule has 0 rings (SSSR count). The molecule has 0 bridgehead atoms. The molecule has 17 heteroatoms. The molecule has 0 aliphatic rings. The van der Waals surface area contributed by atoms with Crippen LogP contribution in [-0.2, 0) is 38.4 Å². The van der Waals surface area contributed by atoms with E-state index in [4.69, 9.17) is 22.3 Å². The smallest absolute Gasteiger partial charge is 0.326 e. The maximum Gasteiger partial charge on any atom is 0.326 e. The number of aliphatic carboxylic acids is 2. The molecule has 0 unspecified atom stereocenters. The van der Waals surface area contributed by atoms with Gasteiger partial charge in [-0.2, -0.15) is 0 Å². The summed E-state index contributed by atoms with van der Waals surface area (Å²) in [6, 6.07) is -5.56.